The third-order valence-corrected chi connectivity index (χ3v) is 11.4. The van der Waals surface area contributed by atoms with Crippen LogP contribution in [0.4, 0.5) is 11.4 Å². The Bertz CT molecular complexity index is 2820. The van der Waals surface area contributed by atoms with Crippen LogP contribution in [-0.2, 0) is 16.1 Å². The molecule has 2 aliphatic rings. The van der Waals surface area contributed by atoms with Gasteiger partial charge in [-0.1, -0.05) is 62.8 Å². The van der Waals surface area contributed by atoms with Crippen LogP contribution in [0.3, 0.4) is 0 Å². The number of aromatic nitrogens is 2. The number of carbonyl (C=O) groups excluding carboxylic acids is 3. The van der Waals surface area contributed by atoms with Crippen molar-refractivity contribution < 1.29 is 52.7 Å². The van der Waals surface area contributed by atoms with E-state index in [0.717, 1.165) is 5.56 Å². The van der Waals surface area contributed by atoms with Crippen molar-refractivity contribution in [2.24, 2.45) is 11.8 Å². The molecule has 4 aromatic carbocycles. The number of carbonyl (C=O) groups is 5. The molecule has 0 bridgehead atoms. The molecule has 2 saturated heterocycles. The van der Waals surface area contributed by atoms with Gasteiger partial charge in [-0.3, -0.25) is 28.9 Å². The largest absolute Gasteiger partial charge is 0.489 e. The minimum Gasteiger partial charge on any atom is -0.489 e. The van der Waals surface area contributed by atoms with E-state index in [1.807, 2.05) is 38.7 Å². The Balaban J connectivity index is 0.000000201. The summed E-state index contributed by atoms with van der Waals surface area (Å²) in [7, 11) is 0. The van der Waals surface area contributed by atoms with E-state index >= 15 is 0 Å². The lowest BCUT2D eigenvalue weighted by Gasteiger charge is -2.36. The number of ether oxygens (including phenoxy) is 2. The van der Waals surface area contributed by atoms with E-state index in [1.54, 1.807) is 54.6 Å². The maximum atomic E-state index is 12.7. The van der Waals surface area contributed by atoms with Crippen LogP contribution in [0.15, 0.2) is 94.0 Å². The van der Waals surface area contributed by atoms with Gasteiger partial charge in [0, 0.05) is 61.5 Å². The Hall–Kier alpha value is -6.47. The standard InChI is InChI=1S/C24H23Cl2N3O5.C20H16Cl2N2O4.C4H7NO2/c1-13(2)33-21-6-4-15(8-18(21)26)22-9-20(28-34-22)23(30)27-19-5-3-14(7-17(19)25)10-29-11-16(12-29)24(31)32;1-11(2)27-18-6-4-13(8-15(18)22)19-9-17(24-28-19)20(26)23-16-5-3-12(10-25)7-14(16)21;6-4(7)3-1-5-2-3/h3-9,13,16H,10-12H2,1-2H3,(H,27,30)(H,31,32);3-11H,1-2H3,(H,23,26);3,5H,1-2H2,(H,6,7). The second-order valence-corrected chi connectivity index (χ2v) is 17.9. The van der Waals surface area contributed by atoms with Crippen LogP contribution >= 0.6 is 46.4 Å². The van der Waals surface area contributed by atoms with Gasteiger partial charge in [0.15, 0.2) is 22.9 Å². The fraction of sp³-hybridized carbons (Fsp3) is 0.271. The SMILES string of the molecule is CC(C)Oc1ccc(-c2cc(C(=O)Nc3ccc(C=O)cc3Cl)no2)cc1Cl.CC(C)Oc1ccc(-c2cc(C(=O)Nc3ccc(CN4CC(C(=O)O)C4)cc3Cl)no2)cc1Cl.O=C(O)C1CNC1. The third kappa shape index (κ3) is 14.3. The van der Waals surface area contributed by atoms with Crippen molar-refractivity contribution in [2.75, 3.05) is 36.8 Å². The molecule has 2 amide bonds. The molecule has 2 fully saturated rings. The Kier molecular flexibility index (Phi) is 17.8. The van der Waals surface area contributed by atoms with Crippen molar-refractivity contribution >= 4 is 87.8 Å². The minimum absolute atomic E-state index is 0.00338. The summed E-state index contributed by atoms with van der Waals surface area (Å²) in [6.45, 7) is 10.5. The average Bonchev–Trinajstić information content (AvgIpc) is 3.96. The number of nitrogens with zero attached hydrogens (tertiary/aromatic N) is 3. The summed E-state index contributed by atoms with van der Waals surface area (Å²) in [6.07, 6.45) is 0.658. The van der Waals surface area contributed by atoms with Gasteiger partial charge in [0.25, 0.3) is 11.8 Å². The Morgan fingerprint density at radius 3 is 1.54 bits per heavy atom. The molecule has 17 nitrogen and oxygen atoms in total. The molecule has 0 atom stereocenters. The van der Waals surface area contributed by atoms with E-state index in [9.17, 15) is 24.0 Å². The van der Waals surface area contributed by atoms with Crippen molar-refractivity contribution in [1.82, 2.24) is 20.5 Å². The molecule has 21 heteroatoms. The van der Waals surface area contributed by atoms with Gasteiger partial charge in [-0.15, -0.1) is 0 Å². The van der Waals surface area contributed by atoms with Crippen molar-refractivity contribution in [3.8, 4) is 34.1 Å². The number of benzene rings is 4. The van der Waals surface area contributed by atoms with Gasteiger partial charge in [0.05, 0.1) is 55.5 Å². The van der Waals surface area contributed by atoms with Gasteiger partial charge in [0.1, 0.15) is 17.8 Å². The summed E-state index contributed by atoms with van der Waals surface area (Å²) in [6, 6.07) is 23.2. The lowest BCUT2D eigenvalue weighted by Crippen LogP contribution is -2.49. The monoisotopic (exact) mass is 1020 g/mol. The molecule has 0 saturated carbocycles. The predicted octanol–water partition coefficient (Wildman–Crippen LogP) is 10.00. The Morgan fingerprint density at radius 2 is 1.16 bits per heavy atom. The molecular weight excluding hydrogens is 978 g/mol. The van der Waals surface area contributed by atoms with E-state index < -0.39 is 23.8 Å². The summed E-state index contributed by atoms with van der Waals surface area (Å²) in [5, 5.41) is 34.5. The number of rotatable bonds is 15. The third-order valence-electron chi connectivity index (χ3n) is 10.1. The van der Waals surface area contributed by atoms with Crippen LogP contribution in [0.2, 0.25) is 20.1 Å². The molecule has 0 radical (unpaired) electrons. The van der Waals surface area contributed by atoms with Crippen LogP contribution in [0.25, 0.3) is 22.6 Å². The normalized spacial score (nSPS) is 13.5. The zero-order chi connectivity index (χ0) is 49.9. The first-order valence-electron chi connectivity index (χ1n) is 21.3. The first-order chi connectivity index (χ1) is 32.9. The molecule has 8 rings (SSSR count). The van der Waals surface area contributed by atoms with Gasteiger partial charge >= 0.3 is 11.9 Å². The topological polar surface area (TPSA) is 236 Å². The van der Waals surface area contributed by atoms with Crippen molar-refractivity contribution in [2.45, 2.75) is 46.4 Å². The average molecular weight is 1020 g/mol. The number of carboxylic acids is 2. The van der Waals surface area contributed by atoms with Gasteiger partial charge in [-0.25, -0.2) is 0 Å². The highest BCUT2D eigenvalue weighted by Gasteiger charge is 2.32. The van der Waals surface area contributed by atoms with E-state index in [-0.39, 0.29) is 40.5 Å². The number of carboxylic acid groups (broad SMARTS) is 2. The number of anilines is 2. The lowest BCUT2D eigenvalue weighted by molar-refractivity contribution is -0.148. The predicted molar refractivity (Wildman–Crippen MR) is 260 cm³/mol. The highest BCUT2D eigenvalue weighted by molar-refractivity contribution is 6.35. The highest BCUT2D eigenvalue weighted by atomic mass is 35.5. The number of aliphatic carboxylic acids is 2. The summed E-state index contributed by atoms with van der Waals surface area (Å²) in [5.41, 5.74) is 3.61. The summed E-state index contributed by atoms with van der Waals surface area (Å²) >= 11 is 24.9. The zero-order valence-electron chi connectivity index (χ0n) is 37.4. The van der Waals surface area contributed by atoms with Crippen LogP contribution in [-0.4, -0.2) is 93.9 Å². The number of hydrogen-bond acceptors (Lipinski definition) is 13. The quantitative estimate of drug-likeness (QED) is 0.0602. The fourth-order valence-corrected chi connectivity index (χ4v) is 7.39. The second-order valence-electron chi connectivity index (χ2n) is 16.3. The fourth-order valence-electron chi connectivity index (χ4n) is 6.46. The summed E-state index contributed by atoms with van der Waals surface area (Å²) in [5.74, 6) is -0.960. The Morgan fingerprint density at radius 1 is 0.681 bits per heavy atom. The molecule has 362 valence electrons. The lowest BCUT2D eigenvalue weighted by atomic mass is 9.99. The van der Waals surface area contributed by atoms with Crippen molar-refractivity contribution in [3.63, 3.8) is 0 Å². The first-order valence-corrected chi connectivity index (χ1v) is 22.8. The molecule has 5 N–H and O–H groups in total. The van der Waals surface area contributed by atoms with Crippen molar-refractivity contribution in [3.05, 3.63) is 128 Å². The van der Waals surface area contributed by atoms with Crippen LogP contribution in [0.1, 0.15) is 64.6 Å². The summed E-state index contributed by atoms with van der Waals surface area (Å²) in [4.78, 5) is 58.7. The molecular formula is C48H46Cl4N6O11. The molecule has 2 aromatic heterocycles. The van der Waals surface area contributed by atoms with E-state index in [2.05, 4.69) is 26.3 Å². The first kappa shape index (κ1) is 51.9. The second kappa shape index (κ2) is 23.7. The number of hydrogen-bond donors (Lipinski definition) is 5. The maximum absolute atomic E-state index is 12.7. The molecule has 69 heavy (non-hydrogen) atoms. The number of nitrogens with one attached hydrogen (secondary N) is 3. The number of likely N-dealkylation sites (tertiary alicyclic amines) is 1. The van der Waals surface area contributed by atoms with Gasteiger partial charge in [0.2, 0.25) is 0 Å². The van der Waals surface area contributed by atoms with Gasteiger partial charge < -0.3 is 44.7 Å². The van der Waals surface area contributed by atoms with Gasteiger partial charge in [-0.05, 0) is 100.0 Å². The smallest absolute Gasteiger partial charge is 0.309 e. The number of amides is 2. The molecule has 2 aliphatic heterocycles. The Labute approximate surface area is 415 Å². The van der Waals surface area contributed by atoms with E-state index in [0.29, 0.717) is 105 Å². The maximum Gasteiger partial charge on any atom is 0.309 e. The van der Waals surface area contributed by atoms with Crippen LogP contribution in [0, 0.1) is 11.8 Å². The highest BCUT2D eigenvalue weighted by Crippen LogP contribution is 2.34. The molecule has 0 spiro atoms. The number of halogens is 4. The van der Waals surface area contributed by atoms with Gasteiger partial charge in [-0.2, -0.15) is 0 Å². The van der Waals surface area contributed by atoms with E-state index in [1.165, 1.54) is 24.3 Å². The molecule has 4 heterocycles. The molecule has 0 aliphatic carbocycles. The van der Waals surface area contributed by atoms with Crippen LogP contribution in [0.5, 0.6) is 11.5 Å². The molecule has 6 aromatic rings. The van der Waals surface area contributed by atoms with E-state index in [4.69, 9.17) is 75.1 Å². The van der Waals surface area contributed by atoms with Crippen molar-refractivity contribution in [1.29, 1.82) is 0 Å². The molecule has 0 unspecified atom stereocenters. The summed E-state index contributed by atoms with van der Waals surface area (Å²) < 4.78 is 21.8. The minimum atomic E-state index is -0.774. The zero-order valence-corrected chi connectivity index (χ0v) is 40.5. The number of aldehydes is 1. The van der Waals surface area contributed by atoms with Crippen LogP contribution < -0.4 is 25.4 Å².